The Morgan fingerprint density at radius 1 is 1.11 bits per heavy atom. The molecule has 0 bridgehead atoms. The third-order valence-electron chi connectivity index (χ3n) is 4.39. The van der Waals surface area contributed by atoms with Crippen LogP contribution in [0, 0.1) is 11.8 Å². The average Bonchev–Trinajstić information content (AvgIpc) is 3.02. The molecule has 0 aromatic heterocycles. The zero-order chi connectivity index (χ0) is 13.7. The first-order valence-corrected chi connectivity index (χ1v) is 7.67. The molecule has 1 atom stereocenters. The van der Waals surface area contributed by atoms with Crippen LogP contribution in [0.2, 0.25) is 0 Å². The molecule has 1 amide bonds. The molecule has 2 aliphatic carbocycles. The number of carboxylic acids is 1. The first-order chi connectivity index (χ1) is 9.15. The van der Waals surface area contributed by atoms with Gasteiger partial charge in [-0.1, -0.05) is 38.5 Å². The Hall–Kier alpha value is -1.06. The molecule has 1 unspecified atom stereocenters. The SMILES string of the molecule is O=C(CCCC1CCCC1)NC(CC1CC1)C(=O)O. The first-order valence-electron chi connectivity index (χ1n) is 7.67. The second-order valence-electron chi connectivity index (χ2n) is 6.18. The van der Waals surface area contributed by atoms with E-state index in [1.54, 1.807) is 0 Å². The molecule has 2 rings (SSSR count). The molecular formula is C15H25NO3. The van der Waals surface area contributed by atoms with E-state index in [0.29, 0.717) is 18.8 Å². The summed E-state index contributed by atoms with van der Waals surface area (Å²) >= 11 is 0. The van der Waals surface area contributed by atoms with Crippen LogP contribution in [-0.4, -0.2) is 23.0 Å². The van der Waals surface area contributed by atoms with Crippen molar-refractivity contribution in [1.29, 1.82) is 0 Å². The van der Waals surface area contributed by atoms with Crippen LogP contribution < -0.4 is 5.32 Å². The van der Waals surface area contributed by atoms with Gasteiger partial charge in [0.2, 0.25) is 5.91 Å². The van der Waals surface area contributed by atoms with Gasteiger partial charge < -0.3 is 10.4 Å². The van der Waals surface area contributed by atoms with Crippen molar-refractivity contribution >= 4 is 11.9 Å². The Kier molecular flexibility index (Phi) is 5.23. The highest BCUT2D eigenvalue weighted by Crippen LogP contribution is 2.33. The van der Waals surface area contributed by atoms with Gasteiger partial charge in [-0.25, -0.2) is 4.79 Å². The summed E-state index contributed by atoms with van der Waals surface area (Å²) in [6.07, 6.45) is 10.6. The number of amides is 1. The van der Waals surface area contributed by atoms with Gasteiger partial charge in [0.05, 0.1) is 0 Å². The van der Waals surface area contributed by atoms with Crippen molar-refractivity contribution in [3.8, 4) is 0 Å². The lowest BCUT2D eigenvalue weighted by atomic mass is 10.0. The normalized spacial score (nSPS) is 21.3. The summed E-state index contributed by atoms with van der Waals surface area (Å²) in [4.78, 5) is 22.8. The fraction of sp³-hybridized carbons (Fsp3) is 0.867. The zero-order valence-electron chi connectivity index (χ0n) is 11.6. The number of hydrogen-bond donors (Lipinski definition) is 2. The van der Waals surface area contributed by atoms with Crippen LogP contribution in [0.25, 0.3) is 0 Å². The lowest BCUT2D eigenvalue weighted by molar-refractivity contribution is -0.142. The summed E-state index contributed by atoms with van der Waals surface area (Å²) in [5.74, 6) is 0.330. The summed E-state index contributed by atoms with van der Waals surface area (Å²) in [6.45, 7) is 0. The molecule has 4 heteroatoms. The standard InChI is InChI=1S/C15H25NO3/c17-14(7-3-6-11-4-1-2-5-11)16-13(15(18)19)10-12-8-9-12/h11-13H,1-10H2,(H,16,17)(H,18,19). The van der Waals surface area contributed by atoms with Crippen molar-refractivity contribution in [2.24, 2.45) is 11.8 Å². The molecule has 19 heavy (non-hydrogen) atoms. The highest BCUT2D eigenvalue weighted by molar-refractivity contribution is 5.83. The molecule has 0 heterocycles. The number of nitrogens with one attached hydrogen (secondary N) is 1. The van der Waals surface area contributed by atoms with E-state index < -0.39 is 12.0 Å². The van der Waals surface area contributed by atoms with Gasteiger partial charge in [0, 0.05) is 6.42 Å². The Labute approximate surface area is 115 Å². The number of hydrogen-bond acceptors (Lipinski definition) is 2. The van der Waals surface area contributed by atoms with E-state index >= 15 is 0 Å². The minimum absolute atomic E-state index is 0.0916. The van der Waals surface area contributed by atoms with E-state index in [1.165, 1.54) is 25.7 Å². The number of carbonyl (C=O) groups is 2. The molecule has 0 aromatic carbocycles. The van der Waals surface area contributed by atoms with Crippen molar-refractivity contribution in [3.63, 3.8) is 0 Å². The van der Waals surface area contributed by atoms with Crippen LogP contribution in [0.4, 0.5) is 0 Å². The van der Waals surface area contributed by atoms with Gasteiger partial charge in [0.1, 0.15) is 6.04 Å². The fourth-order valence-electron chi connectivity index (χ4n) is 3.03. The van der Waals surface area contributed by atoms with Crippen molar-refractivity contribution in [2.45, 2.75) is 70.3 Å². The summed E-state index contributed by atoms with van der Waals surface area (Å²) in [5.41, 5.74) is 0. The van der Waals surface area contributed by atoms with Gasteiger partial charge in [-0.3, -0.25) is 4.79 Å². The fourth-order valence-corrected chi connectivity index (χ4v) is 3.03. The van der Waals surface area contributed by atoms with Crippen LogP contribution in [0.15, 0.2) is 0 Å². The average molecular weight is 267 g/mol. The predicted molar refractivity (Wildman–Crippen MR) is 72.7 cm³/mol. The lowest BCUT2D eigenvalue weighted by Crippen LogP contribution is -2.41. The summed E-state index contributed by atoms with van der Waals surface area (Å²) in [7, 11) is 0. The maximum Gasteiger partial charge on any atom is 0.326 e. The molecule has 2 saturated carbocycles. The molecule has 2 fully saturated rings. The van der Waals surface area contributed by atoms with Crippen molar-refractivity contribution < 1.29 is 14.7 Å². The quantitative estimate of drug-likeness (QED) is 0.710. The Morgan fingerprint density at radius 2 is 1.79 bits per heavy atom. The second kappa shape index (κ2) is 6.92. The topological polar surface area (TPSA) is 66.4 Å². The second-order valence-corrected chi connectivity index (χ2v) is 6.18. The molecular weight excluding hydrogens is 242 g/mol. The monoisotopic (exact) mass is 267 g/mol. The predicted octanol–water partition coefficient (Wildman–Crippen LogP) is 2.72. The maximum atomic E-state index is 11.8. The molecule has 4 nitrogen and oxygen atoms in total. The Balaban J connectivity index is 1.62. The van der Waals surface area contributed by atoms with Crippen LogP contribution in [-0.2, 0) is 9.59 Å². The third kappa shape index (κ3) is 5.21. The number of rotatable bonds is 8. The van der Waals surface area contributed by atoms with Crippen molar-refractivity contribution in [2.75, 3.05) is 0 Å². The first kappa shape index (κ1) is 14.4. The third-order valence-corrected chi connectivity index (χ3v) is 4.39. The molecule has 2 aliphatic rings. The summed E-state index contributed by atoms with van der Waals surface area (Å²) in [6, 6.07) is -0.675. The van der Waals surface area contributed by atoms with Crippen LogP contribution >= 0.6 is 0 Å². The maximum absolute atomic E-state index is 11.8. The van der Waals surface area contributed by atoms with Crippen molar-refractivity contribution in [1.82, 2.24) is 5.32 Å². The largest absolute Gasteiger partial charge is 0.480 e. The molecule has 0 radical (unpaired) electrons. The molecule has 108 valence electrons. The molecule has 0 spiro atoms. The summed E-state index contributed by atoms with van der Waals surface area (Å²) < 4.78 is 0. The highest BCUT2D eigenvalue weighted by Gasteiger charge is 2.30. The van der Waals surface area contributed by atoms with E-state index in [0.717, 1.165) is 31.6 Å². The Bertz CT molecular complexity index is 319. The van der Waals surface area contributed by atoms with Gasteiger partial charge in [-0.15, -0.1) is 0 Å². The number of aliphatic carboxylic acids is 1. The zero-order valence-corrected chi connectivity index (χ0v) is 11.6. The molecule has 0 aliphatic heterocycles. The molecule has 0 saturated heterocycles. The van der Waals surface area contributed by atoms with E-state index in [2.05, 4.69) is 5.32 Å². The molecule has 2 N–H and O–H groups in total. The van der Waals surface area contributed by atoms with E-state index in [4.69, 9.17) is 5.11 Å². The smallest absolute Gasteiger partial charge is 0.326 e. The van der Waals surface area contributed by atoms with Gasteiger partial charge in [-0.05, 0) is 31.1 Å². The van der Waals surface area contributed by atoms with Gasteiger partial charge >= 0.3 is 5.97 Å². The molecule has 0 aromatic rings. The summed E-state index contributed by atoms with van der Waals surface area (Å²) in [5, 5.41) is 11.8. The minimum atomic E-state index is -0.893. The minimum Gasteiger partial charge on any atom is -0.480 e. The van der Waals surface area contributed by atoms with E-state index in [-0.39, 0.29) is 5.91 Å². The van der Waals surface area contributed by atoms with Gasteiger partial charge in [0.15, 0.2) is 0 Å². The van der Waals surface area contributed by atoms with Gasteiger partial charge in [-0.2, -0.15) is 0 Å². The van der Waals surface area contributed by atoms with Gasteiger partial charge in [0.25, 0.3) is 0 Å². The van der Waals surface area contributed by atoms with E-state index in [9.17, 15) is 9.59 Å². The van der Waals surface area contributed by atoms with Crippen LogP contribution in [0.3, 0.4) is 0 Å². The van der Waals surface area contributed by atoms with Crippen LogP contribution in [0.5, 0.6) is 0 Å². The highest BCUT2D eigenvalue weighted by atomic mass is 16.4. The Morgan fingerprint density at radius 3 is 2.37 bits per heavy atom. The van der Waals surface area contributed by atoms with E-state index in [1.807, 2.05) is 0 Å². The lowest BCUT2D eigenvalue weighted by Gasteiger charge is -2.14. The van der Waals surface area contributed by atoms with Crippen molar-refractivity contribution in [3.05, 3.63) is 0 Å². The van der Waals surface area contributed by atoms with Crippen LogP contribution in [0.1, 0.15) is 64.2 Å². The number of carboxylic acid groups (broad SMARTS) is 1. The number of carbonyl (C=O) groups excluding carboxylic acids is 1.